The minimum Gasteiger partial charge on any atom is -0.246 e. The maximum Gasteiger partial charge on any atom is 0.140 e. The van der Waals surface area contributed by atoms with Gasteiger partial charge in [-0.1, -0.05) is 6.92 Å². The van der Waals surface area contributed by atoms with Crippen LogP contribution in [-0.4, -0.2) is 10.7 Å². The highest BCUT2D eigenvalue weighted by Gasteiger charge is 1.94. The maximum atomic E-state index is 8.57. The Hall–Kier alpha value is -1.01. The predicted octanol–water partition coefficient (Wildman–Crippen LogP) is 2.21. The minimum absolute atomic E-state index is 0.504. The van der Waals surface area contributed by atoms with E-state index in [0.29, 0.717) is 5.69 Å². The van der Waals surface area contributed by atoms with Gasteiger partial charge in [0.2, 0.25) is 0 Å². The van der Waals surface area contributed by atoms with Crippen LogP contribution in [0.5, 0.6) is 0 Å². The van der Waals surface area contributed by atoms with Gasteiger partial charge in [0.15, 0.2) is 0 Å². The van der Waals surface area contributed by atoms with Gasteiger partial charge in [-0.3, -0.25) is 0 Å². The van der Waals surface area contributed by atoms with Crippen LogP contribution in [0.2, 0.25) is 0 Å². The molecule has 0 radical (unpaired) electrons. The fourth-order valence-electron chi connectivity index (χ4n) is 0.845. The molecule has 0 aliphatic rings. The fraction of sp³-hybridized carbons (Fsp3) is 0.333. The van der Waals surface area contributed by atoms with Crippen molar-refractivity contribution in [2.24, 2.45) is 0 Å². The highest BCUT2D eigenvalue weighted by Crippen LogP contribution is 2.11. The van der Waals surface area contributed by atoms with Gasteiger partial charge in [-0.2, -0.15) is 17.0 Å². The van der Waals surface area contributed by atoms with E-state index in [1.54, 1.807) is 6.20 Å². The Labute approximate surface area is 76.6 Å². The molecular weight excluding hydrogens is 168 g/mol. The average Bonchev–Trinajstić information content (AvgIpc) is 2.15. The highest BCUT2D eigenvalue weighted by molar-refractivity contribution is 7.98. The molecule has 0 aliphatic heterocycles. The highest BCUT2D eigenvalue weighted by atomic mass is 32.2. The van der Waals surface area contributed by atoms with Gasteiger partial charge in [0.1, 0.15) is 11.8 Å². The lowest BCUT2D eigenvalue weighted by Gasteiger charge is -1.98. The molecule has 0 saturated heterocycles. The van der Waals surface area contributed by atoms with E-state index >= 15 is 0 Å². The number of nitrogens with zero attached hydrogens (tertiary/aromatic N) is 2. The molecule has 0 N–H and O–H groups in total. The van der Waals surface area contributed by atoms with E-state index in [1.165, 1.54) is 5.56 Å². The molecule has 0 saturated carbocycles. The second-order valence-corrected chi connectivity index (χ2v) is 3.57. The van der Waals surface area contributed by atoms with Crippen LogP contribution in [-0.2, 0) is 5.75 Å². The van der Waals surface area contributed by atoms with Crippen LogP contribution in [0.4, 0.5) is 0 Å². The summed E-state index contributed by atoms with van der Waals surface area (Å²) >= 11 is 1.84. The lowest BCUT2D eigenvalue weighted by Crippen LogP contribution is -1.86. The zero-order valence-electron chi connectivity index (χ0n) is 6.95. The van der Waals surface area contributed by atoms with Crippen molar-refractivity contribution in [2.45, 2.75) is 12.7 Å². The Morgan fingerprint density at radius 1 is 1.67 bits per heavy atom. The minimum atomic E-state index is 0.504. The molecule has 2 nitrogen and oxygen atoms in total. The molecule has 1 aromatic heterocycles. The van der Waals surface area contributed by atoms with Crippen molar-refractivity contribution in [1.82, 2.24) is 4.98 Å². The Bertz CT molecular complexity index is 291. The van der Waals surface area contributed by atoms with E-state index in [9.17, 15) is 0 Å². The van der Waals surface area contributed by atoms with E-state index < -0.39 is 0 Å². The van der Waals surface area contributed by atoms with Gasteiger partial charge < -0.3 is 0 Å². The summed E-state index contributed by atoms with van der Waals surface area (Å²) in [4.78, 5) is 3.90. The Balaban J connectivity index is 2.68. The van der Waals surface area contributed by atoms with Crippen molar-refractivity contribution in [3.63, 3.8) is 0 Å². The van der Waals surface area contributed by atoms with Crippen LogP contribution < -0.4 is 0 Å². The van der Waals surface area contributed by atoms with Crippen LogP contribution >= 0.6 is 11.8 Å². The van der Waals surface area contributed by atoms with E-state index in [-0.39, 0.29) is 0 Å². The SMILES string of the molecule is CCSCc1ccnc(C#N)c1. The Kier molecular flexibility index (Phi) is 3.62. The normalized spacial score (nSPS) is 9.33. The number of pyridine rings is 1. The number of nitriles is 1. The van der Waals surface area contributed by atoms with Crippen LogP contribution in [0, 0.1) is 11.3 Å². The molecule has 0 amide bonds. The van der Waals surface area contributed by atoms with Crippen molar-refractivity contribution in [1.29, 1.82) is 5.26 Å². The van der Waals surface area contributed by atoms with E-state index in [0.717, 1.165) is 11.5 Å². The van der Waals surface area contributed by atoms with Gasteiger partial charge in [0.05, 0.1) is 0 Å². The average molecular weight is 178 g/mol. The van der Waals surface area contributed by atoms with E-state index in [4.69, 9.17) is 5.26 Å². The summed E-state index contributed by atoms with van der Waals surface area (Å²) in [6, 6.07) is 5.81. The standard InChI is InChI=1S/C9H10N2S/c1-2-12-7-8-3-4-11-9(5-8)6-10/h3-5H,2,7H2,1H3. The van der Waals surface area contributed by atoms with Crippen molar-refractivity contribution < 1.29 is 0 Å². The van der Waals surface area contributed by atoms with Crippen molar-refractivity contribution in [3.8, 4) is 6.07 Å². The summed E-state index contributed by atoms with van der Waals surface area (Å²) < 4.78 is 0. The number of aromatic nitrogens is 1. The first-order chi connectivity index (χ1) is 5.86. The molecule has 12 heavy (non-hydrogen) atoms. The van der Waals surface area contributed by atoms with Gasteiger partial charge in [-0.15, -0.1) is 0 Å². The summed E-state index contributed by atoms with van der Waals surface area (Å²) in [5, 5.41) is 8.57. The molecule has 1 aromatic rings. The molecule has 0 unspecified atom stereocenters. The van der Waals surface area contributed by atoms with Crippen molar-refractivity contribution >= 4 is 11.8 Å². The van der Waals surface area contributed by atoms with E-state index in [1.807, 2.05) is 30.0 Å². The summed E-state index contributed by atoms with van der Waals surface area (Å²) in [6.07, 6.45) is 1.68. The Morgan fingerprint density at radius 3 is 3.17 bits per heavy atom. The summed E-state index contributed by atoms with van der Waals surface area (Å²) in [5.74, 6) is 2.07. The second-order valence-electron chi connectivity index (χ2n) is 2.30. The number of rotatable bonds is 3. The topological polar surface area (TPSA) is 36.7 Å². The molecule has 0 bridgehead atoms. The monoisotopic (exact) mass is 178 g/mol. The largest absolute Gasteiger partial charge is 0.246 e. The fourth-order valence-corrected chi connectivity index (χ4v) is 1.46. The van der Waals surface area contributed by atoms with Crippen LogP contribution in [0.15, 0.2) is 18.3 Å². The first kappa shape index (κ1) is 9.08. The molecule has 1 heterocycles. The van der Waals surface area contributed by atoms with Gasteiger partial charge in [-0.25, -0.2) is 4.98 Å². The van der Waals surface area contributed by atoms with Crippen molar-refractivity contribution in [2.75, 3.05) is 5.75 Å². The van der Waals surface area contributed by atoms with Crippen LogP contribution in [0.25, 0.3) is 0 Å². The molecule has 0 atom stereocenters. The molecule has 0 aromatic carbocycles. The first-order valence-electron chi connectivity index (χ1n) is 3.79. The maximum absolute atomic E-state index is 8.57. The lowest BCUT2D eigenvalue weighted by atomic mass is 10.2. The van der Waals surface area contributed by atoms with Gasteiger partial charge in [0.25, 0.3) is 0 Å². The summed E-state index contributed by atoms with van der Waals surface area (Å²) in [6.45, 7) is 2.12. The van der Waals surface area contributed by atoms with Crippen LogP contribution in [0.3, 0.4) is 0 Å². The molecule has 0 fully saturated rings. The number of thioether (sulfide) groups is 1. The molecular formula is C9H10N2S. The first-order valence-corrected chi connectivity index (χ1v) is 4.95. The third kappa shape index (κ3) is 2.55. The smallest absolute Gasteiger partial charge is 0.140 e. The zero-order valence-corrected chi connectivity index (χ0v) is 7.77. The summed E-state index contributed by atoms with van der Waals surface area (Å²) in [7, 11) is 0. The quantitative estimate of drug-likeness (QED) is 0.712. The predicted molar refractivity (Wildman–Crippen MR) is 50.8 cm³/mol. The Morgan fingerprint density at radius 2 is 2.50 bits per heavy atom. The number of hydrogen-bond acceptors (Lipinski definition) is 3. The molecule has 62 valence electrons. The molecule has 0 spiro atoms. The second kappa shape index (κ2) is 4.78. The number of hydrogen-bond donors (Lipinski definition) is 0. The van der Waals surface area contributed by atoms with Gasteiger partial charge >= 0.3 is 0 Å². The van der Waals surface area contributed by atoms with Crippen LogP contribution in [0.1, 0.15) is 18.2 Å². The van der Waals surface area contributed by atoms with E-state index in [2.05, 4.69) is 11.9 Å². The molecule has 1 rings (SSSR count). The molecule has 3 heteroatoms. The third-order valence-electron chi connectivity index (χ3n) is 1.41. The zero-order chi connectivity index (χ0) is 8.81. The summed E-state index contributed by atoms with van der Waals surface area (Å²) in [5.41, 5.74) is 1.68. The molecule has 0 aliphatic carbocycles. The van der Waals surface area contributed by atoms with Gasteiger partial charge in [-0.05, 0) is 23.4 Å². The lowest BCUT2D eigenvalue weighted by molar-refractivity contribution is 1.22. The van der Waals surface area contributed by atoms with Gasteiger partial charge in [0, 0.05) is 11.9 Å². The van der Waals surface area contributed by atoms with Crippen molar-refractivity contribution in [3.05, 3.63) is 29.6 Å². The third-order valence-corrected chi connectivity index (χ3v) is 2.36.